The maximum absolute atomic E-state index is 9.21. The van der Waals surface area contributed by atoms with E-state index < -0.39 is 0 Å². The van der Waals surface area contributed by atoms with Crippen LogP contribution in [0.15, 0.2) is 48.5 Å². The topological polar surface area (TPSA) is 47.6 Å². The first-order valence-corrected chi connectivity index (χ1v) is 5.98. The summed E-state index contributed by atoms with van der Waals surface area (Å²) < 4.78 is 0. The third-order valence-corrected chi connectivity index (χ3v) is 2.88. The summed E-state index contributed by atoms with van der Waals surface area (Å²) in [6.45, 7) is 0. The van der Waals surface area contributed by atoms with E-state index in [9.17, 15) is 5.26 Å². The molecule has 0 N–H and O–H groups in total. The van der Waals surface area contributed by atoms with Crippen LogP contribution in [-0.2, 0) is 0 Å². The molecule has 0 radical (unpaired) electrons. The van der Waals surface area contributed by atoms with Crippen LogP contribution >= 0.6 is 11.6 Å². The van der Waals surface area contributed by atoms with Gasteiger partial charge in [-0.25, -0.2) is 0 Å². The van der Waals surface area contributed by atoms with E-state index in [1.54, 1.807) is 42.5 Å². The number of hydrogen-bond donors (Lipinski definition) is 0. The molecule has 2 aromatic rings. The molecule has 0 bridgehead atoms. The fourth-order valence-electron chi connectivity index (χ4n) is 1.63. The van der Waals surface area contributed by atoms with Crippen LogP contribution in [0.25, 0.3) is 11.6 Å². The van der Waals surface area contributed by atoms with Gasteiger partial charge in [-0.3, -0.25) is 0 Å². The molecule has 90 valence electrons. The fraction of sp³-hybridized carbons (Fsp3) is 0. The summed E-state index contributed by atoms with van der Waals surface area (Å²) >= 11 is 5.82. The Morgan fingerprint density at radius 1 is 0.947 bits per heavy atom. The lowest BCUT2D eigenvalue weighted by Crippen LogP contribution is -1.83. The van der Waals surface area contributed by atoms with E-state index in [2.05, 4.69) is 12.1 Å². The predicted octanol–water partition coefficient (Wildman–Crippen LogP) is 4.28. The molecule has 0 atom stereocenters. The third kappa shape index (κ3) is 3.22. The number of halogens is 1. The minimum absolute atomic E-state index is 0.548. The Balaban J connectivity index is 2.36. The molecule has 0 spiro atoms. The van der Waals surface area contributed by atoms with Crippen molar-refractivity contribution >= 4 is 23.3 Å². The van der Waals surface area contributed by atoms with Crippen molar-refractivity contribution < 1.29 is 0 Å². The van der Waals surface area contributed by atoms with Gasteiger partial charge in [0.2, 0.25) is 0 Å². The van der Waals surface area contributed by atoms with Crippen LogP contribution < -0.4 is 0 Å². The minimum Gasteiger partial charge on any atom is -0.192 e. The molecule has 19 heavy (non-hydrogen) atoms. The van der Waals surface area contributed by atoms with Crippen LogP contribution in [0.2, 0.25) is 5.02 Å². The summed E-state index contributed by atoms with van der Waals surface area (Å²) in [5.74, 6) is 0. The van der Waals surface area contributed by atoms with Gasteiger partial charge in [0.15, 0.2) is 0 Å². The molecule has 0 amide bonds. The van der Waals surface area contributed by atoms with Crippen LogP contribution in [0, 0.1) is 22.7 Å². The smallest absolute Gasteiger partial charge is 0.0998 e. The van der Waals surface area contributed by atoms with Gasteiger partial charge in [-0.15, -0.1) is 0 Å². The normalized spacial score (nSPS) is 10.6. The van der Waals surface area contributed by atoms with Gasteiger partial charge in [0, 0.05) is 5.02 Å². The third-order valence-electron chi connectivity index (χ3n) is 2.63. The van der Waals surface area contributed by atoms with E-state index in [0.29, 0.717) is 16.2 Å². The Morgan fingerprint density at radius 3 is 2.11 bits per heavy atom. The summed E-state index contributed by atoms with van der Waals surface area (Å²) in [6, 6.07) is 18.4. The van der Waals surface area contributed by atoms with Crippen molar-refractivity contribution in [2.24, 2.45) is 0 Å². The highest BCUT2D eigenvalue weighted by Gasteiger charge is 2.01. The highest BCUT2D eigenvalue weighted by molar-refractivity contribution is 6.30. The quantitative estimate of drug-likeness (QED) is 0.600. The van der Waals surface area contributed by atoms with Gasteiger partial charge in [0.25, 0.3) is 0 Å². The Kier molecular flexibility index (Phi) is 3.98. The maximum Gasteiger partial charge on any atom is 0.0998 e. The van der Waals surface area contributed by atoms with Gasteiger partial charge >= 0.3 is 0 Å². The van der Waals surface area contributed by atoms with E-state index in [-0.39, 0.29) is 0 Å². The molecular weight excluding hydrogens is 256 g/mol. The molecule has 0 heterocycles. The molecular formula is C16H9ClN2. The Bertz CT molecular complexity index is 684. The van der Waals surface area contributed by atoms with Crippen LogP contribution in [-0.4, -0.2) is 0 Å². The zero-order valence-corrected chi connectivity index (χ0v) is 10.7. The van der Waals surface area contributed by atoms with Crippen LogP contribution in [0.1, 0.15) is 16.7 Å². The van der Waals surface area contributed by atoms with Crippen molar-refractivity contribution in [1.82, 2.24) is 0 Å². The first kappa shape index (κ1) is 12.9. The fourth-order valence-corrected chi connectivity index (χ4v) is 1.76. The monoisotopic (exact) mass is 264 g/mol. The first-order valence-electron chi connectivity index (χ1n) is 5.61. The van der Waals surface area contributed by atoms with E-state index in [0.717, 1.165) is 11.1 Å². The molecule has 0 fully saturated rings. The lowest BCUT2D eigenvalue weighted by molar-refractivity contribution is 1.47. The summed E-state index contributed by atoms with van der Waals surface area (Å²) in [4.78, 5) is 0. The van der Waals surface area contributed by atoms with E-state index in [4.69, 9.17) is 16.9 Å². The Labute approximate surface area is 116 Å². The molecule has 0 aliphatic rings. The van der Waals surface area contributed by atoms with Crippen molar-refractivity contribution in [3.05, 3.63) is 70.2 Å². The van der Waals surface area contributed by atoms with E-state index in [1.165, 1.54) is 0 Å². The number of nitriles is 2. The van der Waals surface area contributed by atoms with E-state index in [1.807, 2.05) is 12.1 Å². The number of rotatable bonds is 2. The van der Waals surface area contributed by atoms with Gasteiger partial charge in [-0.2, -0.15) is 10.5 Å². The zero-order chi connectivity index (χ0) is 13.7. The maximum atomic E-state index is 9.21. The molecule has 2 nitrogen and oxygen atoms in total. The number of benzene rings is 2. The van der Waals surface area contributed by atoms with Gasteiger partial charge in [-0.1, -0.05) is 35.9 Å². The molecule has 2 aromatic carbocycles. The van der Waals surface area contributed by atoms with E-state index >= 15 is 0 Å². The number of nitrogens with zero attached hydrogens (tertiary/aromatic N) is 2. The molecule has 3 heteroatoms. The number of allylic oxidation sites excluding steroid dienone is 1. The molecule has 0 saturated heterocycles. The van der Waals surface area contributed by atoms with Crippen molar-refractivity contribution in [3.8, 4) is 12.1 Å². The predicted molar refractivity (Wildman–Crippen MR) is 76.1 cm³/mol. The Morgan fingerprint density at radius 2 is 1.58 bits per heavy atom. The first-order chi connectivity index (χ1) is 9.22. The highest BCUT2D eigenvalue weighted by Crippen LogP contribution is 2.19. The van der Waals surface area contributed by atoms with Crippen LogP contribution in [0.5, 0.6) is 0 Å². The van der Waals surface area contributed by atoms with Gasteiger partial charge in [0.1, 0.15) is 0 Å². The SMILES string of the molecule is N#C/C(=C/c1ccc(Cl)cc1)c1ccc(C#N)cc1. The van der Waals surface area contributed by atoms with Crippen LogP contribution in [0.3, 0.4) is 0 Å². The Hall–Kier alpha value is -2.55. The second-order valence-electron chi connectivity index (χ2n) is 3.91. The lowest BCUT2D eigenvalue weighted by atomic mass is 10.0. The highest BCUT2D eigenvalue weighted by atomic mass is 35.5. The van der Waals surface area contributed by atoms with Gasteiger partial charge in [-0.05, 0) is 41.5 Å². The van der Waals surface area contributed by atoms with Crippen molar-refractivity contribution in [2.45, 2.75) is 0 Å². The average Bonchev–Trinajstić information content (AvgIpc) is 2.47. The number of hydrogen-bond acceptors (Lipinski definition) is 2. The van der Waals surface area contributed by atoms with Crippen molar-refractivity contribution in [3.63, 3.8) is 0 Å². The summed E-state index contributed by atoms with van der Waals surface area (Å²) in [7, 11) is 0. The molecule has 2 rings (SSSR count). The van der Waals surface area contributed by atoms with Gasteiger partial charge in [0.05, 0.1) is 23.3 Å². The molecule has 0 aliphatic carbocycles. The standard InChI is InChI=1S/C16H9ClN2/c17-16-7-3-12(4-8-16)9-15(11-19)14-5-1-13(10-18)2-6-14/h1-9H/b15-9-. The van der Waals surface area contributed by atoms with Crippen molar-refractivity contribution in [1.29, 1.82) is 10.5 Å². The average molecular weight is 265 g/mol. The molecule has 0 saturated carbocycles. The zero-order valence-electron chi connectivity index (χ0n) is 9.97. The minimum atomic E-state index is 0.548. The molecule has 0 unspecified atom stereocenters. The second kappa shape index (κ2) is 5.87. The molecule has 0 aliphatic heterocycles. The summed E-state index contributed by atoms with van der Waals surface area (Å²) in [5.41, 5.74) is 2.82. The second-order valence-corrected chi connectivity index (χ2v) is 4.35. The summed E-state index contributed by atoms with van der Waals surface area (Å²) in [6.07, 6.45) is 1.79. The lowest BCUT2D eigenvalue weighted by Gasteiger charge is -2.00. The molecule has 0 aromatic heterocycles. The van der Waals surface area contributed by atoms with Gasteiger partial charge < -0.3 is 0 Å². The summed E-state index contributed by atoms with van der Waals surface area (Å²) in [5, 5.41) is 18.6. The van der Waals surface area contributed by atoms with Crippen LogP contribution in [0.4, 0.5) is 0 Å². The van der Waals surface area contributed by atoms with Crippen molar-refractivity contribution in [2.75, 3.05) is 0 Å². The largest absolute Gasteiger partial charge is 0.192 e.